The van der Waals surface area contributed by atoms with Gasteiger partial charge in [-0.05, 0) is 56.0 Å². The molecule has 24 heavy (non-hydrogen) atoms. The fraction of sp³-hybridized carbons (Fsp3) is 0.588. The van der Waals surface area contributed by atoms with E-state index in [1.807, 2.05) is 6.07 Å². The maximum absolute atomic E-state index is 12.1. The molecule has 1 aromatic rings. The molecule has 0 atom stereocenters. The van der Waals surface area contributed by atoms with E-state index in [1.165, 1.54) is 0 Å². The van der Waals surface area contributed by atoms with Crippen LogP contribution in [0.2, 0.25) is 0 Å². The van der Waals surface area contributed by atoms with Gasteiger partial charge in [0, 0.05) is 13.0 Å². The minimum absolute atomic E-state index is 0. The Bertz CT molecular complexity index is 497. The highest BCUT2D eigenvalue weighted by Gasteiger charge is 2.14. The highest BCUT2D eigenvalue weighted by atomic mass is 35.5. The molecule has 1 fully saturated rings. The molecule has 1 aliphatic heterocycles. The van der Waals surface area contributed by atoms with Crippen molar-refractivity contribution in [1.29, 1.82) is 0 Å². The molecule has 0 spiro atoms. The van der Waals surface area contributed by atoms with Gasteiger partial charge in [0.1, 0.15) is 12.4 Å². The number of ether oxygens (including phenoxy) is 1. The van der Waals surface area contributed by atoms with Gasteiger partial charge in [-0.25, -0.2) is 8.78 Å². The number of amides is 1. The molecule has 2 rings (SSSR count). The molecule has 7 heteroatoms. The van der Waals surface area contributed by atoms with E-state index in [-0.39, 0.29) is 18.3 Å². The molecular formula is C17H25ClF2N2O2. The zero-order valence-corrected chi connectivity index (χ0v) is 14.4. The second-order valence-electron chi connectivity index (χ2n) is 5.86. The summed E-state index contributed by atoms with van der Waals surface area (Å²) in [4.78, 5) is 11.9. The van der Waals surface area contributed by atoms with Crippen molar-refractivity contribution in [3.8, 4) is 5.75 Å². The lowest BCUT2D eigenvalue weighted by molar-refractivity contribution is -0.121. The van der Waals surface area contributed by atoms with Gasteiger partial charge in [-0.2, -0.15) is 0 Å². The third kappa shape index (κ3) is 7.93. The molecule has 0 aromatic heterocycles. The molecule has 0 bridgehead atoms. The van der Waals surface area contributed by atoms with E-state index in [2.05, 4.69) is 10.6 Å². The van der Waals surface area contributed by atoms with Crippen LogP contribution in [0.15, 0.2) is 24.3 Å². The molecule has 0 unspecified atom stereocenters. The molecule has 0 radical (unpaired) electrons. The lowest BCUT2D eigenvalue weighted by Crippen LogP contribution is -2.29. The summed E-state index contributed by atoms with van der Waals surface area (Å²) in [6.45, 7) is 1.85. The molecule has 0 aliphatic carbocycles. The third-order valence-corrected chi connectivity index (χ3v) is 4.00. The number of carbonyl (C=O) groups excluding carboxylic acids is 1. The van der Waals surface area contributed by atoms with Gasteiger partial charge in [0.2, 0.25) is 5.91 Å². The number of piperidine rings is 1. The van der Waals surface area contributed by atoms with E-state index < -0.39 is 13.0 Å². The minimum Gasteiger partial charge on any atom is -0.488 e. The van der Waals surface area contributed by atoms with Gasteiger partial charge in [0.05, 0.1) is 0 Å². The number of nitrogens with one attached hydrogen (secondary N) is 2. The summed E-state index contributed by atoms with van der Waals surface area (Å²) in [5.74, 6) is 1.06. The van der Waals surface area contributed by atoms with E-state index >= 15 is 0 Å². The maximum Gasteiger partial charge on any atom is 0.272 e. The number of hydrogen-bond donors (Lipinski definition) is 2. The molecule has 1 aromatic carbocycles. The number of alkyl halides is 2. The summed E-state index contributed by atoms with van der Waals surface area (Å²) in [6, 6.07) is 6.87. The van der Waals surface area contributed by atoms with Gasteiger partial charge in [-0.1, -0.05) is 12.1 Å². The first kappa shape index (κ1) is 20.6. The van der Waals surface area contributed by atoms with Gasteiger partial charge >= 0.3 is 0 Å². The van der Waals surface area contributed by atoms with E-state index in [4.69, 9.17) is 4.74 Å². The second kappa shape index (κ2) is 11.2. The topological polar surface area (TPSA) is 50.4 Å². The normalized spacial score (nSPS) is 15.0. The first-order valence-corrected chi connectivity index (χ1v) is 8.11. The molecular weight excluding hydrogens is 338 g/mol. The smallest absolute Gasteiger partial charge is 0.272 e. The molecule has 1 heterocycles. The number of hydrogen-bond acceptors (Lipinski definition) is 3. The molecule has 2 N–H and O–H groups in total. The number of halogens is 3. The van der Waals surface area contributed by atoms with Crippen LogP contribution in [-0.2, 0) is 11.3 Å². The van der Waals surface area contributed by atoms with Crippen molar-refractivity contribution < 1.29 is 18.3 Å². The molecule has 136 valence electrons. The van der Waals surface area contributed by atoms with E-state index in [0.717, 1.165) is 37.9 Å². The molecule has 1 aliphatic rings. The average molecular weight is 363 g/mol. The first-order valence-electron chi connectivity index (χ1n) is 8.11. The summed E-state index contributed by atoms with van der Waals surface area (Å²) < 4.78 is 29.2. The lowest BCUT2D eigenvalue weighted by atomic mass is 9.93. The highest BCUT2D eigenvalue weighted by Crippen LogP contribution is 2.18. The van der Waals surface area contributed by atoms with Crippen molar-refractivity contribution in [2.45, 2.75) is 38.7 Å². The van der Waals surface area contributed by atoms with E-state index in [1.54, 1.807) is 18.2 Å². The Morgan fingerprint density at radius 2 is 2.08 bits per heavy atom. The summed E-state index contributed by atoms with van der Waals surface area (Å²) in [6.07, 6.45) is 1.23. The standard InChI is InChI=1S/C17H24F2N2O2.ClH/c18-16(19)12-23-15-3-1-2-14(10-15)11-21-17(22)5-4-13-6-8-20-9-7-13;/h1-3,10,13,16,20H,4-9,11-12H2,(H,21,22);1H. The Morgan fingerprint density at radius 3 is 2.79 bits per heavy atom. The number of benzene rings is 1. The highest BCUT2D eigenvalue weighted by molar-refractivity contribution is 5.85. The Balaban J connectivity index is 0.00000288. The molecule has 4 nitrogen and oxygen atoms in total. The Labute approximate surface area is 147 Å². The predicted octanol–water partition coefficient (Wildman–Crippen LogP) is 3.15. The largest absolute Gasteiger partial charge is 0.488 e. The molecule has 1 amide bonds. The zero-order chi connectivity index (χ0) is 16.5. The van der Waals surface area contributed by atoms with Gasteiger partial charge < -0.3 is 15.4 Å². The monoisotopic (exact) mass is 362 g/mol. The lowest BCUT2D eigenvalue weighted by Gasteiger charge is -2.22. The van der Waals surface area contributed by atoms with Crippen LogP contribution in [0.25, 0.3) is 0 Å². The zero-order valence-electron chi connectivity index (χ0n) is 13.6. The molecule has 1 saturated heterocycles. The van der Waals surface area contributed by atoms with Crippen LogP contribution in [0, 0.1) is 5.92 Å². The van der Waals surface area contributed by atoms with Crippen LogP contribution in [0.3, 0.4) is 0 Å². The van der Waals surface area contributed by atoms with E-state index in [0.29, 0.717) is 24.6 Å². The molecule has 0 saturated carbocycles. The fourth-order valence-corrected chi connectivity index (χ4v) is 2.70. The third-order valence-electron chi connectivity index (χ3n) is 4.00. The van der Waals surface area contributed by atoms with Gasteiger partial charge in [-0.3, -0.25) is 4.79 Å². The fourth-order valence-electron chi connectivity index (χ4n) is 2.70. The predicted molar refractivity (Wildman–Crippen MR) is 91.9 cm³/mol. The van der Waals surface area contributed by atoms with Crippen molar-refractivity contribution in [3.63, 3.8) is 0 Å². The van der Waals surface area contributed by atoms with Crippen LogP contribution < -0.4 is 15.4 Å². The SMILES string of the molecule is Cl.O=C(CCC1CCNCC1)NCc1cccc(OCC(F)F)c1. The summed E-state index contributed by atoms with van der Waals surface area (Å²) in [5, 5.41) is 6.18. The van der Waals surface area contributed by atoms with Crippen molar-refractivity contribution in [1.82, 2.24) is 10.6 Å². The van der Waals surface area contributed by atoms with Gasteiger partial charge in [0.25, 0.3) is 6.43 Å². The van der Waals surface area contributed by atoms with Crippen LogP contribution in [-0.4, -0.2) is 32.0 Å². The van der Waals surface area contributed by atoms with Crippen molar-refractivity contribution in [2.75, 3.05) is 19.7 Å². The summed E-state index contributed by atoms with van der Waals surface area (Å²) in [7, 11) is 0. The van der Waals surface area contributed by atoms with Crippen LogP contribution in [0.5, 0.6) is 5.75 Å². The summed E-state index contributed by atoms with van der Waals surface area (Å²) in [5.41, 5.74) is 0.840. The van der Waals surface area contributed by atoms with Crippen molar-refractivity contribution in [2.24, 2.45) is 5.92 Å². The van der Waals surface area contributed by atoms with Gasteiger partial charge in [0.15, 0.2) is 0 Å². The first-order chi connectivity index (χ1) is 11.1. The van der Waals surface area contributed by atoms with Crippen LogP contribution in [0.4, 0.5) is 8.78 Å². The minimum atomic E-state index is -2.49. The van der Waals surface area contributed by atoms with Gasteiger partial charge in [-0.15, -0.1) is 12.4 Å². The number of rotatable bonds is 8. The second-order valence-corrected chi connectivity index (χ2v) is 5.86. The van der Waals surface area contributed by atoms with Crippen molar-refractivity contribution in [3.05, 3.63) is 29.8 Å². The van der Waals surface area contributed by atoms with Crippen molar-refractivity contribution >= 4 is 18.3 Å². The summed E-state index contributed by atoms with van der Waals surface area (Å²) >= 11 is 0. The Kier molecular flexibility index (Phi) is 9.64. The Hall–Kier alpha value is -1.40. The maximum atomic E-state index is 12.1. The number of carbonyl (C=O) groups is 1. The quantitative estimate of drug-likeness (QED) is 0.747. The van der Waals surface area contributed by atoms with E-state index in [9.17, 15) is 13.6 Å². The van der Waals surface area contributed by atoms with Crippen LogP contribution in [0.1, 0.15) is 31.2 Å². The van der Waals surface area contributed by atoms with Crippen LogP contribution >= 0.6 is 12.4 Å². The Morgan fingerprint density at radius 1 is 1.33 bits per heavy atom. The average Bonchev–Trinajstić information content (AvgIpc) is 2.57.